The summed E-state index contributed by atoms with van der Waals surface area (Å²) >= 11 is 0. The molecule has 0 atom stereocenters. The lowest BCUT2D eigenvalue weighted by Gasteiger charge is -2.29. The smallest absolute Gasteiger partial charge is 0.111 e. The molecule has 4 N–H and O–H groups in total. The molecule has 0 rings (SSSR count). The molecule has 0 radical (unpaired) electrons. The van der Waals surface area contributed by atoms with Crippen molar-refractivity contribution >= 4 is 0 Å². The highest BCUT2D eigenvalue weighted by Crippen LogP contribution is 2.11. The highest BCUT2D eigenvalue weighted by Gasteiger charge is 2.22. The van der Waals surface area contributed by atoms with Gasteiger partial charge >= 0.3 is 0 Å². The normalized spacial score (nSPS) is 13.5. The van der Waals surface area contributed by atoms with Gasteiger partial charge in [0.1, 0.15) is 5.72 Å². The molecule has 0 aromatic carbocycles. The molecule has 74 valence electrons. The quantitative estimate of drug-likeness (QED) is 0.595. The fourth-order valence-corrected chi connectivity index (χ4v) is 0.627. The van der Waals surface area contributed by atoms with Crippen LogP contribution in [0.4, 0.5) is 0 Å². The summed E-state index contributed by atoms with van der Waals surface area (Å²) in [6.07, 6.45) is 0. The van der Waals surface area contributed by atoms with Gasteiger partial charge in [0, 0.05) is 0 Å². The van der Waals surface area contributed by atoms with Crippen LogP contribution in [0.3, 0.4) is 0 Å². The van der Waals surface area contributed by atoms with Crippen LogP contribution in [-0.4, -0.2) is 24.7 Å². The zero-order valence-corrected chi connectivity index (χ0v) is 8.39. The third-order valence-electron chi connectivity index (χ3n) is 1.27. The van der Waals surface area contributed by atoms with Crippen LogP contribution in [0.25, 0.3) is 0 Å². The molecule has 0 spiro atoms. The molecule has 4 nitrogen and oxygen atoms in total. The van der Waals surface area contributed by atoms with E-state index in [1.54, 1.807) is 13.8 Å². The summed E-state index contributed by atoms with van der Waals surface area (Å²) in [7, 11) is 0. The van der Waals surface area contributed by atoms with Gasteiger partial charge in [-0.05, 0) is 27.7 Å². The van der Waals surface area contributed by atoms with Crippen LogP contribution in [0.2, 0.25) is 0 Å². The molecule has 0 aliphatic heterocycles. The Balaban J connectivity index is 3.75. The van der Waals surface area contributed by atoms with Crippen molar-refractivity contribution < 1.29 is 9.47 Å². The average molecular weight is 176 g/mol. The first-order valence-corrected chi connectivity index (χ1v) is 4.04. The molecule has 0 unspecified atom stereocenters. The predicted octanol–water partition coefficient (Wildman–Crippen LogP) is 0.409. The van der Waals surface area contributed by atoms with Crippen LogP contribution in [0, 0.1) is 0 Å². The predicted molar refractivity (Wildman–Crippen MR) is 48.4 cm³/mol. The molecule has 0 aliphatic carbocycles. The van der Waals surface area contributed by atoms with Crippen molar-refractivity contribution in [2.45, 2.75) is 39.0 Å². The second kappa shape index (κ2) is 4.18. The molecule has 0 heterocycles. The Morgan fingerprint density at radius 1 is 1.08 bits per heavy atom. The molecule has 0 fully saturated rings. The number of hydrogen-bond acceptors (Lipinski definition) is 4. The van der Waals surface area contributed by atoms with Crippen molar-refractivity contribution in [2.75, 3.05) is 13.3 Å². The van der Waals surface area contributed by atoms with Crippen molar-refractivity contribution in [1.82, 2.24) is 0 Å². The van der Waals surface area contributed by atoms with E-state index in [1.807, 2.05) is 13.8 Å². The second-order valence-corrected chi connectivity index (χ2v) is 3.96. The fourth-order valence-electron chi connectivity index (χ4n) is 0.627. The summed E-state index contributed by atoms with van der Waals surface area (Å²) in [5.41, 5.74) is 9.89. The van der Waals surface area contributed by atoms with E-state index in [9.17, 15) is 0 Å². The molecule has 0 saturated carbocycles. The summed E-state index contributed by atoms with van der Waals surface area (Å²) in [5.74, 6) is 0. The Bertz CT molecular complexity index is 130. The van der Waals surface area contributed by atoms with E-state index in [2.05, 4.69) is 0 Å². The van der Waals surface area contributed by atoms with Gasteiger partial charge in [0.15, 0.2) is 0 Å². The van der Waals surface area contributed by atoms with Crippen molar-refractivity contribution in [3.05, 3.63) is 0 Å². The molecular formula is C8H20N2O2. The van der Waals surface area contributed by atoms with Crippen molar-refractivity contribution in [2.24, 2.45) is 11.5 Å². The maximum atomic E-state index is 5.63. The molecule has 0 aromatic rings. The summed E-state index contributed by atoms with van der Waals surface area (Å²) in [6.45, 7) is 8.04. The Morgan fingerprint density at radius 2 is 1.58 bits per heavy atom. The second-order valence-electron chi connectivity index (χ2n) is 3.96. The molecule has 0 aromatic heterocycles. The number of hydrogen-bond donors (Lipinski definition) is 2. The average Bonchev–Trinajstić information content (AvgIpc) is 1.83. The molecule has 0 saturated heterocycles. The highest BCUT2D eigenvalue weighted by molar-refractivity contribution is 4.69. The van der Waals surface area contributed by atoms with Crippen LogP contribution in [0.5, 0.6) is 0 Å². The Morgan fingerprint density at radius 3 is 1.92 bits per heavy atom. The highest BCUT2D eigenvalue weighted by atomic mass is 16.6. The van der Waals surface area contributed by atoms with Gasteiger partial charge in [-0.2, -0.15) is 0 Å². The summed E-state index contributed by atoms with van der Waals surface area (Å²) in [4.78, 5) is 0. The van der Waals surface area contributed by atoms with Crippen LogP contribution >= 0.6 is 0 Å². The number of ether oxygens (including phenoxy) is 2. The maximum Gasteiger partial charge on any atom is 0.111 e. The minimum absolute atomic E-state index is 0.196. The van der Waals surface area contributed by atoms with E-state index in [0.29, 0.717) is 6.61 Å². The van der Waals surface area contributed by atoms with E-state index in [0.717, 1.165) is 0 Å². The molecule has 0 bridgehead atoms. The summed E-state index contributed by atoms with van der Waals surface area (Å²) < 4.78 is 10.6. The van der Waals surface area contributed by atoms with Crippen LogP contribution < -0.4 is 11.5 Å². The molecule has 0 aliphatic rings. The minimum atomic E-state index is -0.616. The molecular weight excluding hydrogens is 156 g/mol. The molecule has 12 heavy (non-hydrogen) atoms. The summed E-state index contributed by atoms with van der Waals surface area (Å²) in [5, 5.41) is 0. The van der Waals surface area contributed by atoms with Gasteiger partial charge in [0.25, 0.3) is 0 Å². The fraction of sp³-hybridized carbons (Fsp3) is 1.00. The van der Waals surface area contributed by atoms with E-state index < -0.39 is 5.72 Å². The van der Waals surface area contributed by atoms with Crippen LogP contribution in [0.1, 0.15) is 27.7 Å². The first-order valence-electron chi connectivity index (χ1n) is 4.04. The maximum absolute atomic E-state index is 5.63. The zero-order valence-electron chi connectivity index (χ0n) is 8.39. The number of rotatable bonds is 5. The largest absolute Gasteiger partial charge is 0.358 e. The van der Waals surface area contributed by atoms with Crippen molar-refractivity contribution in [3.63, 3.8) is 0 Å². The third-order valence-corrected chi connectivity index (χ3v) is 1.27. The Labute approximate surface area is 74.2 Å². The van der Waals surface area contributed by atoms with E-state index in [1.165, 1.54) is 0 Å². The molecule has 4 heteroatoms. The van der Waals surface area contributed by atoms with Crippen LogP contribution in [-0.2, 0) is 9.47 Å². The minimum Gasteiger partial charge on any atom is -0.358 e. The summed E-state index contributed by atoms with van der Waals surface area (Å²) in [6, 6.07) is 0. The molecule has 0 amide bonds. The lowest BCUT2D eigenvalue weighted by Crippen LogP contribution is -2.42. The van der Waals surface area contributed by atoms with E-state index >= 15 is 0 Å². The van der Waals surface area contributed by atoms with Crippen LogP contribution in [0.15, 0.2) is 0 Å². The van der Waals surface area contributed by atoms with Gasteiger partial charge in [-0.1, -0.05) is 0 Å². The van der Waals surface area contributed by atoms with Crippen molar-refractivity contribution in [3.8, 4) is 0 Å². The monoisotopic (exact) mass is 176 g/mol. The SMILES string of the molecule is CC(C)(N)OCC(C)(C)OCN. The standard InChI is InChI=1S/C8H20N2O2/c1-7(2,12-6-9)5-11-8(3,4)10/h5-6,9-10H2,1-4H3. The first-order chi connectivity index (χ1) is 5.27. The van der Waals surface area contributed by atoms with Gasteiger partial charge in [0.2, 0.25) is 0 Å². The Hall–Kier alpha value is -0.160. The van der Waals surface area contributed by atoms with Gasteiger partial charge < -0.3 is 20.9 Å². The van der Waals surface area contributed by atoms with Gasteiger partial charge in [0.05, 0.1) is 18.9 Å². The third kappa shape index (κ3) is 6.54. The lowest BCUT2D eigenvalue weighted by molar-refractivity contribution is -0.117. The lowest BCUT2D eigenvalue weighted by atomic mass is 10.1. The van der Waals surface area contributed by atoms with Crippen molar-refractivity contribution in [1.29, 1.82) is 0 Å². The number of nitrogens with two attached hydrogens (primary N) is 2. The van der Waals surface area contributed by atoms with Gasteiger partial charge in [-0.15, -0.1) is 0 Å². The van der Waals surface area contributed by atoms with E-state index in [4.69, 9.17) is 20.9 Å². The first kappa shape index (κ1) is 11.8. The topological polar surface area (TPSA) is 70.5 Å². The zero-order chi connectivity index (χ0) is 9.83. The van der Waals surface area contributed by atoms with Gasteiger partial charge in [-0.25, -0.2) is 0 Å². The van der Waals surface area contributed by atoms with Gasteiger partial charge in [-0.3, -0.25) is 0 Å². The van der Waals surface area contributed by atoms with E-state index in [-0.39, 0.29) is 12.3 Å². The Kier molecular flexibility index (Phi) is 4.13.